The summed E-state index contributed by atoms with van der Waals surface area (Å²) in [6, 6.07) is 15.5. The largest absolute Gasteiger partial charge is 0.508 e. The molecule has 0 saturated heterocycles. The normalized spacial score (nSPS) is 12.3. The van der Waals surface area contributed by atoms with Gasteiger partial charge in [-0.25, -0.2) is 9.97 Å². The maximum absolute atomic E-state index is 13.2. The van der Waals surface area contributed by atoms with Gasteiger partial charge in [-0.15, -0.1) is 0 Å². The van der Waals surface area contributed by atoms with Gasteiger partial charge in [-0.2, -0.15) is 13.2 Å². The number of likely N-dealkylation sites (N-methyl/N-ethyl adjacent to an activating group) is 1. The van der Waals surface area contributed by atoms with Crippen molar-refractivity contribution in [2.24, 2.45) is 0 Å². The Morgan fingerprint density at radius 3 is 2.38 bits per heavy atom. The first kappa shape index (κ1) is 27.7. The van der Waals surface area contributed by atoms with E-state index >= 15 is 0 Å². The molecule has 1 aromatic heterocycles. The van der Waals surface area contributed by atoms with Crippen LogP contribution in [-0.2, 0) is 17.4 Å². The highest BCUT2D eigenvalue weighted by Gasteiger charge is 2.30. The van der Waals surface area contributed by atoms with Crippen molar-refractivity contribution in [2.75, 3.05) is 31.4 Å². The molecule has 0 unspecified atom stereocenters. The summed E-state index contributed by atoms with van der Waals surface area (Å²) in [5, 5.41) is 14.2. The van der Waals surface area contributed by atoms with E-state index in [9.17, 15) is 23.1 Å². The van der Waals surface area contributed by atoms with Crippen molar-refractivity contribution < 1.29 is 23.1 Å². The molecule has 0 saturated carbocycles. The molecule has 1 heterocycles. The second-order valence-electron chi connectivity index (χ2n) is 9.65. The van der Waals surface area contributed by atoms with Crippen molar-refractivity contribution in [3.63, 3.8) is 0 Å². The number of nitrogens with one attached hydrogen (secondary N) is 1. The van der Waals surface area contributed by atoms with Gasteiger partial charge in [-0.1, -0.05) is 12.1 Å². The van der Waals surface area contributed by atoms with E-state index in [1.807, 2.05) is 30.1 Å². The van der Waals surface area contributed by atoms with Crippen LogP contribution in [0, 0.1) is 6.92 Å². The van der Waals surface area contributed by atoms with Crippen LogP contribution in [0.5, 0.6) is 5.75 Å². The predicted molar refractivity (Wildman–Crippen MR) is 146 cm³/mol. The van der Waals surface area contributed by atoms with Gasteiger partial charge in [0, 0.05) is 49.5 Å². The zero-order chi connectivity index (χ0) is 28.5. The highest BCUT2D eigenvalue weighted by atomic mass is 19.4. The quantitative estimate of drug-likeness (QED) is 0.291. The fraction of sp³-hybridized carbons (Fsp3) is 0.276. The minimum atomic E-state index is -4.43. The van der Waals surface area contributed by atoms with Gasteiger partial charge >= 0.3 is 6.18 Å². The number of fused-ring (bicyclic) bond motifs is 1. The monoisotopic (exact) mass is 537 g/mol. The zero-order valence-corrected chi connectivity index (χ0v) is 22.3. The number of hydrogen-bond acceptors (Lipinski definition) is 6. The lowest BCUT2D eigenvalue weighted by Crippen LogP contribution is -2.23. The third-order valence-electron chi connectivity index (χ3n) is 6.54. The minimum Gasteiger partial charge on any atom is -0.508 e. The summed E-state index contributed by atoms with van der Waals surface area (Å²) in [7, 11) is 5.18. The molecule has 204 valence electrons. The predicted octanol–water partition coefficient (Wildman–Crippen LogP) is 6.23. The molecule has 10 heteroatoms. The van der Waals surface area contributed by atoms with E-state index in [1.165, 1.54) is 11.0 Å². The molecule has 3 aromatic carbocycles. The van der Waals surface area contributed by atoms with Crippen molar-refractivity contribution in [3.05, 3.63) is 83.2 Å². The molecule has 39 heavy (non-hydrogen) atoms. The summed E-state index contributed by atoms with van der Waals surface area (Å²) in [4.78, 5) is 24.6. The van der Waals surface area contributed by atoms with E-state index in [0.717, 1.165) is 23.5 Å². The maximum Gasteiger partial charge on any atom is 0.416 e. The Morgan fingerprint density at radius 1 is 1.00 bits per heavy atom. The highest BCUT2D eigenvalue weighted by molar-refractivity contribution is 5.92. The number of alkyl halides is 3. The zero-order valence-electron chi connectivity index (χ0n) is 22.3. The number of amides is 1. The Balaban J connectivity index is 1.67. The molecule has 0 aliphatic rings. The third kappa shape index (κ3) is 6.22. The average molecular weight is 538 g/mol. The number of anilines is 3. The first-order valence-corrected chi connectivity index (χ1v) is 12.3. The van der Waals surface area contributed by atoms with Crippen molar-refractivity contribution >= 4 is 34.0 Å². The molecule has 7 nitrogen and oxygen atoms in total. The number of nitrogens with zero attached hydrogens (tertiary/aromatic N) is 4. The molecular formula is C29H30F3N5O2. The Labute approximate surface area is 224 Å². The molecule has 1 atom stereocenters. The SMILES string of the molecule is Cc1nc(N[C@@H](C)c2cccc(C(F)(F)F)c2)c2cc(N(C)c3ccc(O)c(CC(=O)N(C)C)c3)ccc2n1. The molecule has 0 aliphatic carbocycles. The van der Waals surface area contributed by atoms with Crippen molar-refractivity contribution in [3.8, 4) is 5.75 Å². The molecule has 0 fully saturated rings. The van der Waals surface area contributed by atoms with Crippen LogP contribution >= 0.6 is 0 Å². The van der Waals surface area contributed by atoms with E-state index in [4.69, 9.17) is 0 Å². The van der Waals surface area contributed by atoms with Crippen molar-refractivity contribution in [1.29, 1.82) is 0 Å². The number of carbonyl (C=O) groups is 1. The minimum absolute atomic E-state index is 0.0415. The molecule has 0 spiro atoms. The van der Waals surface area contributed by atoms with Crippen LogP contribution in [0.2, 0.25) is 0 Å². The first-order chi connectivity index (χ1) is 18.3. The molecule has 4 rings (SSSR count). The van der Waals surface area contributed by atoms with E-state index in [2.05, 4.69) is 15.3 Å². The second-order valence-corrected chi connectivity index (χ2v) is 9.65. The molecule has 1 amide bonds. The lowest BCUT2D eigenvalue weighted by Gasteiger charge is -2.22. The molecule has 4 aromatic rings. The lowest BCUT2D eigenvalue weighted by molar-refractivity contribution is -0.137. The van der Waals surface area contributed by atoms with E-state index in [1.54, 1.807) is 52.2 Å². The summed E-state index contributed by atoms with van der Waals surface area (Å²) in [6.45, 7) is 3.54. The number of carbonyl (C=O) groups excluding carboxylic acids is 1. The van der Waals surface area contributed by atoms with Crippen LogP contribution in [0.3, 0.4) is 0 Å². The number of aromatic nitrogens is 2. The standard InChI is InChI=1S/C29H30F3N5O2/c1-17(19-7-6-8-21(13-19)29(30,31)32)33-28-24-16-23(9-11-25(24)34-18(2)35-28)37(5)22-10-12-26(38)20(14-22)15-27(39)36(3)4/h6-14,16-17,38H,15H2,1-5H3,(H,33,34,35)/t17-/m0/s1. The number of phenolic OH excluding ortho intramolecular Hbond substituents is 1. The van der Waals surface area contributed by atoms with E-state index in [0.29, 0.717) is 33.7 Å². The second kappa shape index (κ2) is 10.8. The smallest absolute Gasteiger partial charge is 0.416 e. The molecule has 2 N–H and O–H groups in total. The molecule has 0 aliphatic heterocycles. The average Bonchev–Trinajstić information content (AvgIpc) is 2.88. The van der Waals surface area contributed by atoms with Crippen LogP contribution in [0.1, 0.15) is 35.5 Å². The summed E-state index contributed by atoms with van der Waals surface area (Å²) >= 11 is 0. The fourth-order valence-electron chi connectivity index (χ4n) is 4.22. The number of hydrogen-bond donors (Lipinski definition) is 2. The van der Waals surface area contributed by atoms with Gasteiger partial charge in [0.15, 0.2) is 0 Å². The summed E-state index contributed by atoms with van der Waals surface area (Å²) in [5.74, 6) is 0.936. The number of halogens is 3. The van der Waals surface area contributed by atoms with Crippen LogP contribution < -0.4 is 10.2 Å². The number of rotatable bonds is 7. The number of phenols is 1. The van der Waals surface area contributed by atoms with Gasteiger partial charge in [0.05, 0.1) is 17.5 Å². The molecular weight excluding hydrogens is 507 g/mol. The van der Waals surface area contributed by atoms with Crippen molar-refractivity contribution in [2.45, 2.75) is 32.5 Å². The van der Waals surface area contributed by atoms with Gasteiger partial charge in [0.2, 0.25) is 5.91 Å². The Hall–Kier alpha value is -4.34. The molecule has 0 bridgehead atoms. The summed E-state index contributed by atoms with van der Waals surface area (Å²) < 4.78 is 39.7. The van der Waals surface area contributed by atoms with Crippen molar-refractivity contribution in [1.82, 2.24) is 14.9 Å². The third-order valence-corrected chi connectivity index (χ3v) is 6.54. The Kier molecular flexibility index (Phi) is 7.67. The van der Waals surface area contributed by atoms with E-state index in [-0.39, 0.29) is 18.1 Å². The van der Waals surface area contributed by atoms with Gasteiger partial charge in [0.1, 0.15) is 17.4 Å². The Bertz CT molecular complexity index is 1520. The summed E-state index contributed by atoms with van der Waals surface area (Å²) in [5.41, 5.74) is 2.51. The Morgan fingerprint density at radius 2 is 1.69 bits per heavy atom. The van der Waals surface area contributed by atoms with Gasteiger partial charge in [-0.3, -0.25) is 4.79 Å². The van der Waals surface area contributed by atoms with Crippen LogP contribution in [0.25, 0.3) is 10.9 Å². The number of aromatic hydroxyl groups is 1. The van der Waals surface area contributed by atoms with Gasteiger partial charge in [0.25, 0.3) is 0 Å². The van der Waals surface area contributed by atoms with Crippen LogP contribution in [0.4, 0.5) is 30.4 Å². The van der Waals surface area contributed by atoms with Gasteiger partial charge < -0.3 is 20.2 Å². The molecule has 0 radical (unpaired) electrons. The first-order valence-electron chi connectivity index (χ1n) is 12.3. The van der Waals surface area contributed by atoms with E-state index < -0.39 is 17.8 Å². The van der Waals surface area contributed by atoms with Crippen LogP contribution in [0.15, 0.2) is 60.7 Å². The highest BCUT2D eigenvalue weighted by Crippen LogP contribution is 2.34. The maximum atomic E-state index is 13.2. The summed E-state index contributed by atoms with van der Waals surface area (Å²) in [6.07, 6.45) is -4.37. The topological polar surface area (TPSA) is 81.6 Å². The lowest BCUT2D eigenvalue weighted by atomic mass is 10.0. The fourth-order valence-corrected chi connectivity index (χ4v) is 4.22. The van der Waals surface area contributed by atoms with Crippen LogP contribution in [-0.4, -0.2) is 47.0 Å². The number of benzene rings is 3. The van der Waals surface area contributed by atoms with Gasteiger partial charge in [-0.05, 0) is 67.9 Å². The number of aryl methyl sites for hydroxylation is 1.